The first kappa shape index (κ1) is 12.5. The molecule has 4 nitrogen and oxygen atoms in total. The number of benzene rings is 2. The van der Waals surface area contributed by atoms with Gasteiger partial charge in [0.15, 0.2) is 5.13 Å². The van der Waals surface area contributed by atoms with E-state index in [0.717, 1.165) is 26.8 Å². The van der Waals surface area contributed by atoms with E-state index >= 15 is 0 Å². The second kappa shape index (κ2) is 5.19. The van der Waals surface area contributed by atoms with Crippen LogP contribution in [0.4, 0.5) is 10.8 Å². The monoisotopic (exact) mass is 281 g/mol. The zero-order valence-corrected chi connectivity index (χ0v) is 11.6. The van der Waals surface area contributed by atoms with Crippen molar-refractivity contribution >= 4 is 32.4 Å². The Kier molecular flexibility index (Phi) is 3.23. The van der Waals surface area contributed by atoms with Crippen LogP contribution in [0.5, 0.6) is 5.75 Å². The van der Waals surface area contributed by atoms with Crippen molar-refractivity contribution in [3.63, 3.8) is 0 Å². The zero-order valence-electron chi connectivity index (χ0n) is 10.8. The van der Waals surface area contributed by atoms with Gasteiger partial charge in [-0.2, -0.15) is 5.26 Å². The number of nitriles is 1. The lowest BCUT2D eigenvalue weighted by Crippen LogP contribution is -1.89. The van der Waals surface area contributed by atoms with Gasteiger partial charge in [-0.05, 0) is 36.4 Å². The molecule has 1 N–H and O–H groups in total. The number of thiazole rings is 1. The number of rotatable bonds is 3. The van der Waals surface area contributed by atoms with Crippen molar-refractivity contribution in [3.8, 4) is 11.8 Å². The van der Waals surface area contributed by atoms with Crippen molar-refractivity contribution in [2.24, 2.45) is 0 Å². The normalized spacial score (nSPS) is 10.2. The van der Waals surface area contributed by atoms with E-state index in [2.05, 4.69) is 16.4 Å². The molecule has 0 aliphatic heterocycles. The highest BCUT2D eigenvalue weighted by molar-refractivity contribution is 7.22. The van der Waals surface area contributed by atoms with Gasteiger partial charge in [0.25, 0.3) is 0 Å². The maximum Gasteiger partial charge on any atom is 0.188 e. The largest absolute Gasteiger partial charge is 0.497 e. The lowest BCUT2D eigenvalue weighted by molar-refractivity contribution is 0.415. The van der Waals surface area contributed by atoms with Gasteiger partial charge in [0.1, 0.15) is 5.75 Å². The van der Waals surface area contributed by atoms with Crippen LogP contribution in [-0.4, -0.2) is 12.1 Å². The summed E-state index contributed by atoms with van der Waals surface area (Å²) in [5, 5.41) is 12.9. The van der Waals surface area contributed by atoms with Crippen molar-refractivity contribution in [2.75, 3.05) is 12.4 Å². The van der Waals surface area contributed by atoms with Crippen LogP contribution in [0.1, 0.15) is 5.56 Å². The standard InChI is InChI=1S/C15H11N3OS/c1-19-12-5-6-13-14(8-12)20-15(18-13)17-11-4-2-3-10(7-11)9-16/h2-8H,1H3,(H,17,18). The molecule has 0 atom stereocenters. The van der Waals surface area contributed by atoms with Crippen LogP contribution in [0.3, 0.4) is 0 Å². The number of fused-ring (bicyclic) bond motifs is 1. The van der Waals surface area contributed by atoms with Crippen LogP contribution in [0.25, 0.3) is 10.2 Å². The molecule has 3 rings (SSSR count). The number of nitrogens with one attached hydrogen (secondary N) is 1. The summed E-state index contributed by atoms with van der Waals surface area (Å²) in [6.07, 6.45) is 0. The quantitative estimate of drug-likeness (QED) is 0.790. The fourth-order valence-electron chi connectivity index (χ4n) is 1.88. The summed E-state index contributed by atoms with van der Waals surface area (Å²) in [5.41, 5.74) is 2.41. The van der Waals surface area contributed by atoms with Crippen molar-refractivity contribution in [2.45, 2.75) is 0 Å². The SMILES string of the molecule is COc1ccc2nc(Nc3cccc(C#N)c3)sc2c1. The molecule has 3 aromatic rings. The summed E-state index contributed by atoms with van der Waals surface area (Å²) in [7, 11) is 1.65. The van der Waals surface area contributed by atoms with E-state index < -0.39 is 0 Å². The van der Waals surface area contributed by atoms with Crippen molar-refractivity contribution in [1.82, 2.24) is 4.98 Å². The molecular weight excluding hydrogens is 270 g/mol. The van der Waals surface area contributed by atoms with Gasteiger partial charge in [-0.1, -0.05) is 17.4 Å². The van der Waals surface area contributed by atoms with Gasteiger partial charge in [0.05, 0.1) is 29.0 Å². The summed E-state index contributed by atoms with van der Waals surface area (Å²) in [6, 6.07) is 15.2. The van der Waals surface area contributed by atoms with Crippen molar-refractivity contribution in [3.05, 3.63) is 48.0 Å². The fourth-order valence-corrected chi connectivity index (χ4v) is 2.79. The predicted molar refractivity (Wildman–Crippen MR) is 80.6 cm³/mol. The van der Waals surface area contributed by atoms with Gasteiger partial charge in [-0.3, -0.25) is 0 Å². The van der Waals surface area contributed by atoms with Gasteiger partial charge in [0, 0.05) is 5.69 Å². The summed E-state index contributed by atoms with van der Waals surface area (Å²) < 4.78 is 6.26. The third kappa shape index (κ3) is 2.42. The van der Waals surface area contributed by atoms with Gasteiger partial charge in [0.2, 0.25) is 0 Å². The molecule has 0 spiro atoms. The third-order valence-electron chi connectivity index (χ3n) is 2.84. The number of hydrogen-bond donors (Lipinski definition) is 1. The molecule has 20 heavy (non-hydrogen) atoms. The van der Waals surface area contributed by atoms with E-state index in [1.54, 1.807) is 30.6 Å². The number of anilines is 2. The Morgan fingerprint density at radius 2 is 2.15 bits per heavy atom. The highest BCUT2D eigenvalue weighted by Crippen LogP contribution is 2.30. The summed E-state index contributed by atoms with van der Waals surface area (Å²) >= 11 is 1.55. The number of hydrogen-bond acceptors (Lipinski definition) is 5. The molecule has 2 aromatic carbocycles. The molecule has 1 heterocycles. The van der Waals surface area contributed by atoms with E-state index in [1.807, 2.05) is 30.3 Å². The van der Waals surface area contributed by atoms with E-state index in [0.29, 0.717) is 5.56 Å². The van der Waals surface area contributed by atoms with Crippen LogP contribution in [-0.2, 0) is 0 Å². The number of nitrogens with zero attached hydrogens (tertiary/aromatic N) is 2. The number of ether oxygens (including phenoxy) is 1. The minimum atomic E-state index is 0.623. The molecule has 0 bridgehead atoms. The highest BCUT2D eigenvalue weighted by atomic mass is 32.1. The first-order valence-electron chi connectivity index (χ1n) is 6.00. The van der Waals surface area contributed by atoms with Gasteiger partial charge < -0.3 is 10.1 Å². The molecule has 0 fully saturated rings. The number of methoxy groups -OCH3 is 1. The van der Waals surface area contributed by atoms with Crippen molar-refractivity contribution < 1.29 is 4.74 Å². The van der Waals surface area contributed by atoms with E-state index in [4.69, 9.17) is 10.00 Å². The van der Waals surface area contributed by atoms with E-state index in [9.17, 15) is 0 Å². The van der Waals surface area contributed by atoms with Gasteiger partial charge in [-0.25, -0.2) is 4.98 Å². The second-order valence-electron chi connectivity index (χ2n) is 4.17. The smallest absolute Gasteiger partial charge is 0.188 e. The highest BCUT2D eigenvalue weighted by Gasteiger charge is 2.05. The molecular formula is C15H11N3OS. The maximum absolute atomic E-state index is 8.90. The van der Waals surface area contributed by atoms with Crippen LogP contribution < -0.4 is 10.1 Å². The van der Waals surface area contributed by atoms with Gasteiger partial charge in [-0.15, -0.1) is 0 Å². The minimum Gasteiger partial charge on any atom is -0.497 e. The zero-order chi connectivity index (χ0) is 13.9. The first-order chi connectivity index (χ1) is 9.78. The predicted octanol–water partition coefficient (Wildman–Crippen LogP) is 3.92. The Labute approximate surface area is 120 Å². The van der Waals surface area contributed by atoms with Crippen LogP contribution >= 0.6 is 11.3 Å². The molecule has 5 heteroatoms. The lowest BCUT2D eigenvalue weighted by atomic mass is 10.2. The average molecular weight is 281 g/mol. The lowest BCUT2D eigenvalue weighted by Gasteiger charge is -2.01. The Morgan fingerprint density at radius 3 is 2.95 bits per heavy atom. The molecule has 0 aliphatic rings. The Bertz CT molecular complexity index is 804. The van der Waals surface area contributed by atoms with Gasteiger partial charge >= 0.3 is 0 Å². The van der Waals surface area contributed by atoms with Crippen LogP contribution in [0.15, 0.2) is 42.5 Å². The van der Waals surface area contributed by atoms with E-state index in [-0.39, 0.29) is 0 Å². The maximum atomic E-state index is 8.90. The molecule has 0 amide bonds. The molecule has 0 radical (unpaired) electrons. The molecule has 0 unspecified atom stereocenters. The molecule has 0 saturated carbocycles. The summed E-state index contributed by atoms with van der Waals surface area (Å²) in [6.45, 7) is 0. The van der Waals surface area contributed by atoms with Crippen LogP contribution in [0, 0.1) is 11.3 Å². The molecule has 0 saturated heterocycles. The first-order valence-corrected chi connectivity index (χ1v) is 6.82. The Balaban J connectivity index is 1.92. The second-order valence-corrected chi connectivity index (χ2v) is 5.20. The summed E-state index contributed by atoms with van der Waals surface area (Å²) in [4.78, 5) is 4.51. The Hall–Kier alpha value is -2.58. The minimum absolute atomic E-state index is 0.623. The molecule has 0 aliphatic carbocycles. The topological polar surface area (TPSA) is 57.9 Å². The number of aromatic nitrogens is 1. The Morgan fingerprint density at radius 1 is 1.25 bits per heavy atom. The average Bonchev–Trinajstić information content (AvgIpc) is 2.88. The third-order valence-corrected chi connectivity index (χ3v) is 3.77. The summed E-state index contributed by atoms with van der Waals surface area (Å²) in [5.74, 6) is 0.819. The van der Waals surface area contributed by atoms with Crippen LogP contribution in [0.2, 0.25) is 0 Å². The fraction of sp³-hybridized carbons (Fsp3) is 0.0667. The van der Waals surface area contributed by atoms with E-state index in [1.165, 1.54) is 0 Å². The van der Waals surface area contributed by atoms with Crippen molar-refractivity contribution in [1.29, 1.82) is 5.26 Å². The molecule has 1 aromatic heterocycles. The molecule has 98 valence electrons.